The lowest BCUT2D eigenvalue weighted by atomic mass is 9.90. The molecular weight excluding hydrogens is 266 g/mol. The van der Waals surface area contributed by atoms with Gasteiger partial charge in [-0.25, -0.2) is 9.97 Å². The van der Waals surface area contributed by atoms with E-state index in [0.717, 1.165) is 64.7 Å². The van der Waals surface area contributed by atoms with Crippen LogP contribution >= 0.6 is 0 Å². The molecule has 0 amide bonds. The molecule has 2 saturated heterocycles. The Morgan fingerprint density at radius 2 is 1.81 bits per heavy atom. The van der Waals surface area contributed by atoms with Crippen molar-refractivity contribution >= 4 is 5.95 Å². The molecular formula is C15H25N5O. The van der Waals surface area contributed by atoms with E-state index in [2.05, 4.69) is 19.8 Å². The highest BCUT2D eigenvalue weighted by Gasteiger charge is 2.30. The van der Waals surface area contributed by atoms with E-state index in [1.165, 1.54) is 0 Å². The average Bonchev–Trinajstić information content (AvgIpc) is 2.58. The van der Waals surface area contributed by atoms with Crippen molar-refractivity contribution in [3.8, 4) is 0 Å². The predicted octanol–water partition coefficient (Wildman–Crippen LogP) is 0.353. The van der Waals surface area contributed by atoms with E-state index >= 15 is 0 Å². The zero-order valence-electron chi connectivity index (χ0n) is 12.5. The lowest BCUT2D eigenvalue weighted by Crippen LogP contribution is -2.55. The van der Waals surface area contributed by atoms with Gasteiger partial charge in [-0.1, -0.05) is 0 Å². The zero-order valence-corrected chi connectivity index (χ0v) is 12.5. The molecule has 0 aromatic carbocycles. The lowest BCUT2D eigenvalue weighted by molar-refractivity contribution is 0.0261. The molecule has 0 aliphatic carbocycles. The quantitative estimate of drug-likeness (QED) is 0.863. The van der Waals surface area contributed by atoms with E-state index in [9.17, 15) is 0 Å². The van der Waals surface area contributed by atoms with Crippen LogP contribution in [-0.4, -0.2) is 66.8 Å². The molecule has 3 heterocycles. The van der Waals surface area contributed by atoms with Crippen molar-refractivity contribution in [1.82, 2.24) is 14.9 Å². The second-order valence-electron chi connectivity index (χ2n) is 5.82. The van der Waals surface area contributed by atoms with Gasteiger partial charge in [-0.3, -0.25) is 4.90 Å². The van der Waals surface area contributed by atoms with E-state index in [0.29, 0.717) is 12.0 Å². The summed E-state index contributed by atoms with van der Waals surface area (Å²) in [4.78, 5) is 13.5. The highest BCUT2D eigenvalue weighted by Crippen LogP contribution is 2.23. The van der Waals surface area contributed by atoms with Gasteiger partial charge in [0.25, 0.3) is 0 Å². The summed E-state index contributed by atoms with van der Waals surface area (Å²) in [5.74, 6) is 1.52. The summed E-state index contributed by atoms with van der Waals surface area (Å²) in [6, 6.07) is 2.35. The number of aromatic nitrogens is 2. The van der Waals surface area contributed by atoms with Crippen molar-refractivity contribution in [2.24, 2.45) is 11.7 Å². The molecule has 1 aromatic rings. The first kappa shape index (κ1) is 14.7. The van der Waals surface area contributed by atoms with Crippen LogP contribution in [0.15, 0.2) is 18.5 Å². The highest BCUT2D eigenvalue weighted by atomic mass is 16.5. The van der Waals surface area contributed by atoms with Gasteiger partial charge in [-0.15, -0.1) is 0 Å². The maximum Gasteiger partial charge on any atom is 0.225 e. The Kier molecular flexibility index (Phi) is 5.00. The Balaban J connectivity index is 1.56. The third-order valence-electron chi connectivity index (χ3n) is 4.67. The van der Waals surface area contributed by atoms with Crippen LogP contribution in [0, 0.1) is 5.92 Å². The summed E-state index contributed by atoms with van der Waals surface area (Å²) in [6.45, 7) is 6.55. The van der Waals surface area contributed by atoms with Gasteiger partial charge >= 0.3 is 0 Å². The summed E-state index contributed by atoms with van der Waals surface area (Å²) in [6.07, 6.45) is 5.90. The summed E-state index contributed by atoms with van der Waals surface area (Å²) < 4.78 is 5.47. The van der Waals surface area contributed by atoms with Crippen LogP contribution in [0.1, 0.15) is 12.8 Å². The first-order chi connectivity index (χ1) is 10.4. The van der Waals surface area contributed by atoms with Crippen LogP contribution in [0.2, 0.25) is 0 Å². The number of rotatable bonds is 4. The SMILES string of the molecule is NCC(C1CCOCC1)N1CCN(c2ncccn2)CC1. The van der Waals surface area contributed by atoms with Crippen LogP contribution in [0.3, 0.4) is 0 Å². The molecule has 2 aliphatic heterocycles. The molecule has 116 valence electrons. The van der Waals surface area contributed by atoms with Gasteiger partial charge in [0.2, 0.25) is 5.95 Å². The number of ether oxygens (including phenoxy) is 1. The van der Waals surface area contributed by atoms with Crippen LogP contribution in [0.4, 0.5) is 5.95 Å². The minimum Gasteiger partial charge on any atom is -0.381 e. The third kappa shape index (κ3) is 3.51. The molecule has 1 atom stereocenters. The molecule has 0 radical (unpaired) electrons. The number of nitrogens with zero attached hydrogens (tertiary/aromatic N) is 4. The van der Waals surface area contributed by atoms with Crippen molar-refractivity contribution in [3.05, 3.63) is 18.5 Å². The molecule has 0 bridgehead atoms. The number of nitrogens with two attached hydrogens (primary N) is 1. The zero-order chi connectivity index (χ0) is 14.5. The maximum atomic E-state index is 6.06. The first-order valence-corrected chi connectivity index (χ1v) is 7.92. The standard InChI is InChI=1S/C15H25N5O/c16-12-14(13-2-10-21-11-3-13)19-6-8-20(9-7-19)15-17-4-1-5-18-15/h1,4-5,13-14H,2-3,6-12,16H2. The van der Waals surface area contributed by atoms with E-state index < -0.39 is 0 Å². The van der Waals surface area contributed by atoms with Crippen molar-refractivity contribution in [2.45, 2.75) is 18.9 Å². The topological polar surface area (TPSA) is 67.5 Å². The number of hydrogen-bond acceptors (Lipinski definition) is 6. The molecule has 1 unspecified atom stereocenters. The van der Waals surface area contributed by atoms with Crippen LogP contribution in [0.25, 0.3) is 0 Å². The highest BCUT2D eigenvalue weighted by molar-refractivity contribution is 5.29. The fourth-order valence-corrected chi connectivity index (χ4v) is 3.45. The predicted molar refractivity (Wildman–Crippen MR) is 82.2 cm³/mol. The second kappa shape index (κ2) is 7.15. The number of hydrogen-bond donors (Lipinski definition) is 1. The van der Waals surface area contributed by atoms with Gasteiger partial charge in [0.15, 0.2) is 0 Å². The van der Waals surface area contributed by atoms with E-state index in [4.69, 9.17) is 10.5 Å². The first-order valence-electron chi connectivity index (χ1n) is 7.92. The average molecular weight is 291 g/mol. The monoisotopic (exact) mass is 291 g/mol. The largest absolute Gasteiger partial charge is 0.381 e. The molecule has 6 heteroatoms. The minimum atomic E-state index is 0.493. The van der Waals surface area contributed by atoms with Crippen LogP contribution in [-0.2, 0) is 4.74 Å². The summed E-state index contributed by atoms with van der Waals surface area (Å²) in [5, 5.41) is 0. The van der Waals surface area contributed by atoms with Crippen molar-refractivity contribution < 1.29 is 4.74 Å². The molecule has 2 aliphatic rings. The summed E-state index contributed by atoms with van der Waals surface area (Å²) in [7, 11) is 0. The Hall–Kier alpha value is -1.24. The van der Waals surface area contributed by atoms with Gasteiger partial charge in [0, 0.05) is 64.4 Å². The Labute approximate surface area is 126 Å². The molecule has 21 heavy (non-hydrogen) atoms. The lowest BCUT2D eigenvalue weighted by Gasteiger charge is -2.42. The fourth-order valence-electron chi connectivity index (χ4n) is 3.45. The number of anilines is 1. The summed E-state index contributed by atoms with van der Waals surface area (Å²) in [5.41, 5.74) is 6.06. The maximum absolute atomic E-state index is 6.06. The van der Waals surface area contributed by atoms with E-state index in [-0.39, 0.29) is 0 Å². The van der Waals surface area contributed by atoms with Gasteiger partial charge in [0.1, 0.15) is 0 Å². The Morgan fingerprint density at radius 3 is 2.43 bits per heavy atom. The van der Waals surface area contributed by atoms with E-state index in [1.54, 1.807) is 12.4 Å². The van der Waals surface area contributed by atoms with Crippen LogP contribution in [0.5, 0.6) is 0 Å². The van der Waals surface area contributed by atoms with E-state index in [1.807, 2.05) is 6.07 Å². The molecule has 3 rings (SSSR count). The van der Waals surface area contributed by atoms with Gasteiger partial charge < -0.3 is 15.4 Å². The molecule has 0 spiro atoms. The van der Waals surface area contributed by atoms with Crippen LogP contribution < -0.4 is 10.6 Å². The molecule has 2 N–H and O–H groups in total. The van der Waals surface area contributed by atoms with Gasteiger partial charge in [-0.2, -0.15) is 0 Å². The second-order valence-corrected chi connectivity index (χ2v) is 5.82. The van der Waals surface area contributed by atoms with Crippen molar-refractivity contribution in [3.63, 3.8) is 0 Å². The Bertz CT molecular complexity index is 415. The van der Waals surface area contributed by atoms with Crippen molar-refractivity contribution in [1.29, 1.82) is 0 Å². The molecule has 0 saturated carbocycles. The minimum absolute atomic E-state index is 0.493. The van der Waals surface area contributed by atoms with Gasteiger partial charge in [0.05, 0.1) is 0 Å². The fraction of sp³-hybridized carbons (Fsp3) is 0.733. The normalized spacial score (nSPS) is 23.2. The Morgan fingerprint density at radius 1 is 1.14 bits per heavy atom. The molecule has 2 fully saturated rings. The number of piperazine rings is 1. The van der Waals surface area contributed by atoms with Crippen molar-refractivity contribution in [2.75, 3.05) is 50.8 Å². The van der Waals surface area contributed by atoms with Gasteiger partial charge in [-0.05, 0) is 24.8 Å². The molecule has 6 nitrogen and oxygen atoms in total. The smallest absolute Gasteiger partial charge is 0.225 e. The molecule has 1 aromatic heterocycles. The third-order valence-corrected chi connectivity index (χ3v) is 4.67. The summed E-state index contributed by atoms with van der Waals surface area (Å²) >= 11 is 0.